The predicted octanol–water partition coefficient (Wildman–Crippen LogP) is 2.24. The Morgan fingerprint density at radius 3 is 2.40 bits per heavy atom. The van der Waals surface area contributed by atoms with Crippen molar-refractivity contribution in [2.24, 2.45) is 4.99 Å². The summed E-state index contributed by atoms with van der Waals surface area (Å²) >= 11 is 0. The van der Waals surface area contributed by atoms with Gasteiger partial charge < -0.3 is 10.1 Å². The monoisotopic (exact) mass is 417 g/mol. The normalized spacial score (nSPS) is 20.1. The third-order valence-corrected chi connectivity index (χ3v) is 4.58. The van der Waals surface area contributed by atoms with Crippen LogP contribution < -0.4 is 21.5 Å². The summed E-state index contributed by atoms with van der Waals surface area (Å²) in [7, 11) is 1.59. The Morgan fingerprint density at radius 2 is 1.77 bits per heavy atom. The Bertz CT molecular complexity index is 874. The molecule has 7 nitrogen and oxygen atoms in total. The van der Waals surface area contributed by atoms with Gasteiger partial charge in [-0.1, -0.05) is 12.1 Å². The van der Waals surface area contributed by atoms with E-state index < -0.39 is 11.7 Å². The minimum Gasteiger partial charge on any atom is -0.383 e. The van der Waals surface area contributed by atoms with E-state index in [1.54, 1.807) is 19.2 Å². The topological polar surface area (TPSA) is 86.8 Å². The quantitative estimate of drug-likeness (QED) is 0.428. The fraction of sp³-hybridized carbons (Fsp3) is 0.333. The van der Waals surface area contributed by atoms with Crippen LogP contribution in [0.5, 0.6) is 0 Å². The Morgan fingerprint density at radius 1 is 1.13 bits per heavy atom. The number of nitrogens with zero attached hydrogens (tertiary/aromatic N) is 1. The lowest BCUT2D eigenvalue weighted by atomic mass is 10.0. The van der Waals surface area contributed by atoms with Gasteiger partial charge >= 0.3 is 0 Å². The van der Waals surface area contributed by atoms with Crippen LogP contribution in [0.15, 0.2) is 53.5 Å². The number of ether oxygens (including phenoxy) is 1. The van der Waals surface area contributed by atoms with Crippen molar-refractivity contribution in [3.63, 3.8) is 0 Å². The lowest BCUT2D eigenvalue weighted by Crippen LogP contribution is -2.47. The maximum atomic E-state index is 13.2. The van der Waals surface area contributed by atoms with Gasteiger partial charge in [0.25, 0.3) is 5.91 Å². The summed E-state index contributed by atoms with van der Waals surface area (Å²) in [5, 5.41) is 5.86. The number of nitrogens with one attached hydrogen (secondary N) is 4. The highest BCUT2D eigenvalue weighted by atomic mass is 19.1. The second kappa shape index (κ2) is 10.2. The average molecular weight is 417 g/mol. The Hall–Kier alpha value is -2.88. The highest BCUT2D eigenvalue weighted by Crippen LogP contribution is 2.22. The SMILES string of the molecule is COC[C@@H](C)NC(=NC1CC(c2ccc(F)cc2)NN1)NC(=O)c1ccc(F)cc1. The minimum atomic E-state index is -0.416. The first-order valence-electron chi connectivity index (χ1n) is 9.61. The van der Waals surface area contributed by atoms with Gasteiger partial charge in [0.1, 0.15) is 17.8 Å². The number of hydrogen-bond donors (Lipinski definition) is 4. The van der Waals surface area contributed by atoms with E-state index in [0.717, 1.165) is 5.56 Å². The molecule has 0 bridgehead atoms. The average Bonchev–Trinajstić information content (AvgIpc) is 3.17. The van der Waals surface area contributed by atoms with Crippen LogP contribution in [0.25, 0.3) is 0 Å². The molecule has 4 N–H and O–H groups in total. The van der Waals surface area contributed by atoms with Crippen LogP contribution in [0.4, 0.5) is 8.78 Å². The minimum absolute atomic E-state index is 0.0511. The summed E-state index contributed by atoms with van der Waals surface area (Å²) in [5.74, 6) is -0.846. The third-order valence-electron chi connectivity index (χ3n) is 4.58. The van der Waals surface area contributed by atoms with E-state index in [1.165, 1.54) is 36.4 Å². The fourth-order valence-corrected chi connectivity index (χ4v) is 3.10. The number of amides is 1. The highest BCUT2D eigenvalue weighted by molar-refractivity contribution is 6.05. The van der Waals surface area contributed by atoms with Crippen LogP contribution in [0.2, 0.25) is 0 Å². The van der Waals surface area contributed by atoms with Crippen molar-refractivity contribution in [2.45, 2.75) is 31.6 Å². The first-order valence-corrected chi connectivity index (χ1v) is 9.61. The van der Waals surface area contributed by atoms with E-state index in [9.17, 15) is 13.6 Å². The molecule has 3 atom stereocenters. The molecule has 1 saturated heterocycles. The molecule has 30 heavy (non-hydrogen) atoms. The van der Waals surface area contributed by atoms with Gasteiger partial charge in [-0.3, -0.25) is 10.1 Å². The van der Waals surface area contributed by atoms with Crippen LogP contribution in [0.3, 0.4) is 0 Å². The van der Waals surface area contributed by atoms with Crippen molar-refractivity contribution in [3.8, 4) is 0 Å². The molecule has 1 amide bonds. The van der Waals surface area contributed by atoms with Gasteiger partial charge in [-0.25, -0.2) is 24.6 Å². The zero-order chi connectivity index (χ0) is 21.5. The summed E-state index contributed by atoms with van der Waals surface area (Å²) in [6.45, 7) is 2.31. The molecule has 0 aliphatic carbocycles. The Labute approximate surface area is 173 Å². The van der Waals surface area contributed by atoms with Crippen molar-refractivity contribution < 1.29 is 18.3 Å². The molecule has 2 aromatic carbocycles. The zero-order valence-corrected chi connectivity index (χ0v) is 16.8. The summed E-state index contributed by atoms with van der Waals surface area (Å²) in [6, 6.07) is 11.4. The predicted molar refractivity (Wildman–Crippen MR) is 110 cm³/mol. The smallest absolute Gasteiger partial charge is 0.257 e. The zero-order valence-electron chi connectivity index (χ0n) is 16.8. The number of carbonyl (C=O) groups excluding carboxylic acids is 1. The van der Waals surface area contributed by atoms with Gasteiger partial charge in [-0.15, -0.1) is 0 Å². The highest BCUT2D eigenvalue weighted by Gasteiger charge is 2.25. The van der Waals surface area contributed by atoms with E-state index in [1.807, 2.05) is 6.92 Å². The standard InChI is InChI=1S/C21H25F2N5O2/c1-13(12-30-2)24-21(26-20(29)15-5-9-17(23)10-6-15)25-19-11-18(27-28-19)14-3-7-16(22)8-4-14/h3-10,13,18-19,27-28H,11-12H2,1-2H3,(H2,24,25,26,29)/t13-,18?,19?/m1/s1. The van der Waals surface area contributed by atoms with Crippen molar-refractivity contribution in [1.29, 1.82) is 0 Å². The van der Waals surface area contributed by atoms with Gasteiger partial charge in [-0.2, -0.15) is 0 Å². The number of carbonyl (C=O) groups is 1. The number of hydrogen-bond acceptors (Lipinski definition) is 5. The second-order valence-electron chi connectivity index (χ2n) is 7.08. The number of aliphatic imine (C=N–C) groups is 1. The van der Waals surface area contributed by atoms with Crippen LogP contribution in [-0.2, 0) is 4.74 Å². The van der Waals surface area contributed by atoms with Gasteiger partial charge in [0.05, 0.1) is 6.61 Å². The molecule has 1 fully saturated rings. The number of halogens is 2. The lowest BCUT2D eigenvalue weighted by molar-refractivity contribution is 0.0974. The van der Waals surface area contributed by atoms with Crippen LogP contribution >= 0.6 is 0 Å². The summed E-state index contributed by atoms with van der Waals surface area (Å²) in [6.07, 6.45) is 0.271. The molecular formula is C21H25F2N5O2. The fourth-order valence-electron chi connectivity index (χ4n) is 3.10. The number of hydrazine groups is 1. The van der Waals surface area contributed by atoms with E-state index in [0.29, 0.717) is 18.6 Å². The molecular weight excluding hydrogens is 392 g/mol. The van der Waals surface area contributed by atoms with Crippen LogP contribution in [-0.4, -0.2) is 37.8 Å². The van der Waals surface area contributed by atoms with Gasteiger partial charge in [-0.05, 0) is 48.9 Å². The molecule has 0 aromatic heterocycles. The first-order chi connectivity index (χ1) is 14.4. The molecule has 3 rings (SSSR count). The maximum Gasteiger partial charge on any atom is 0.257 e. The van der Waals surface area contributed by atoms with Crippen LogP contribution in [0.1, 0.15) is 35.3 Å². The molecule has 2 aromatic rings. The molecule has 0 saturated carbocycles. The molecule has 0 spiro atoms. The molecule has 1 aliphatic rings. The van der Waals surface area contributed by atoms with E-state index in [4.69, 9.17) is 4.74 Å². The van der Waals surface area contributed by atoms with Crippen molar-refractivity contribution in [1.82, 2.24) is 21.5 Å². The van der Waals surface area contributed by atoms with E-state index >= 15 is 0 Å². The van der Waals surface area contributed by atoms with Crippen molar-refractivity contribution in [3.05, 3.63) is 71.3 Å². The van der Waals surface area contributed by atoms with Gasteiger partial charge in [0.15, 0.2) is 5.96 Å². The number of methoxy groups -OCH3 is 1. The second-order valence-corrected chi connectivity index (χ2v) is 7.08. The molecule has 2 unspecified atom stereocenters. The van der Waals surface area contributed by atoms with Gasteiger partial charge in [0.2, 0.25) is 0 Å². The lowest BCUT2D eigenvalue weighted by Gasteiger charge is -2.18. The van der Waals surface area contributed by atoms with E-state index in [-0.39, 0.29) is 30.0 Å². The Kier molecular flexibility index (Phi) is 7.45. The number of rotatable bonds is 6. The molecule has 160 valence electrons. The molecule has 9 heteroatoms. The van der Waals surface area contributed by atoms with Gasteiger partial charge in [0, 0.05) is 31.2 Å². The number of guanidine groups is 1. The van der Waals surface area contributed by atoms with Crippen molar-refractivity contribution in [2.75, 3.05) is 13.7 Å². The maximum absolute atomic E-state index is 13.2. The summed E-state index contributed by atoms with van der Waals surface area (Å²) in [5.41, 5.74) is 7.45. The van der Waals surface area contributed by atoms with Crippen molar-refractivity contribution >= 4 is 11.9 Å². The summed E-state index contributed by atoms with van der Waals surface area (Å²) < 4.78 is 31.4. The van der Waals surface area contributed by atoms with E-state index in [2.05, 4.69) is 26.5 Å². The molecule has 0 radical (unpaired) electrons. The largest absolute Gasteiger partial charge is 0.383 e. The third kappa shape index (κ3) is 6.06. The number of benzene rings is 2. The first kappa shape index (κ1) is 21.8. The molecule has 1 aliphatic heterocycles. The Balaban J connectivity index is 1.70. The molecule has 1 heterocycles. The van der Waals surface area contributed by atoms with Crippen LogP contribution in [0, 0.1) is 11.6 Å². The summed E-state index contributed by atoms with van der Waals surface area (Å²) in [4.78, 5) is 17.1.